The number of hydrogen-bond acceptors (Lipinski definition) is 3. The summed E-state index contributed by atoms with van der Waals surface area (Å²) in [4.78, 5) is 12.3. The molecular formula is C22H26N4O. The molecule has 5 nitrogen and oxygen atoms in total. The third kappa shape index (κ3) is 5.05. The Bertz CT molecular complexity index is 869. The highest BCUT2D eigenvalue weighted by molar-refractivity contribution is 5.92. The molecular weight excluding hydrogens is 336 g/mol. The maximum absolute atomic E-state index is 12.3. The first kappa shape index (κ1) is 18.9. The second-order valence-corrected chi connectivity index (χ2v) is 6.61. The van der Waals surface area contributed by atoms with Gasteiger partial charge < -0.3 is 10.6 Å². The molecule has 2 aromatic carbocycles. The van der Waals surface area contributed by atoms with E-state index >= 15 is 0 Å². The van der Waals surface area contributed by atoms with Gasteiger partial charge in [0.05, 0.1) is 17.9 Å². The maximum atomic E-state index is 12.3. The Morgan fingerprint density at radius 2 is 1.81 bits per heavy atom. The van der Waals surface area contributed by atoms with Crippen LogP contribution in [0.25, 0.3) is 16.9 Å². The summed E-state index contributed by atoms with van der Waals surface area (Å²) in [5.41, 5.74) is 3.93. The van der Waals surface area contributed by atoms with Crippen molar-refractivity contribution in [1.29, 1.82) is 0 Å². The van der Waals surface area contributed by atoms with Crippen molar-refractivity contribution in [3.05, 3.63) is 66.2 Å². The molecule has 3 aromatic rings. The highest BCUT2D eigenvalue weighted by Crippen LogP contribution is 2.24. The summed E-state index contributed by atoms with van der Waals surface area (Å²) in [5, 5.41) is 10.9. The van der Waals surface area contributed by atoms with E-state index in [1.807, 2.05) is 67.6 Å². The van der Waals surface area contributed by atoms with Crippen LogP contribution in [0.2, 0.25) is 0 Å². The first-order valence-electron chi connectivity index (χ1n) is 9.40. The van der Waals surface area contributed by atoms with Crippen LogP contribution in [0.5, 0.6) is 0 Å². The largest absolute Gasteiger partial charge is 0.309 e. The predicted octanol–water partition coefficient (Wildman–Crippen LogP) is 4.18. The van der Waals surface area contributed by atoms with Crippen LogP contribution in [-0.2, 0) is 4.79 Å². The molecule has 1 aromatic heterocycles. The molecule has 0 aliphatic carbocycles. The van der Waals surface area contributed by atoms with Gasteiger partial charge in [-0.25, -0.2) is 4.68 Å². The van der Waals surface area contributed by atoms with Crippen LogP contribution in [0.15, 0.2) is 60.7 Å². The average molecular weight is 362 g/mol. The van der Waals surface area contributed by atoms with Gasteiger partial charge in [-0.05, 0) is 32.0 Å². The van der Waals surface area contributed by atoms with Gasteiger partial charge in [0.25, 0.3) is 0 Å². The summed E-state index contributed by atoms with van der Waals surface area (Å²) in [6.07, 6.45) is 2.17. The second kappa shape index (κ2) is 9.14. The third-order valence-corrected chi connectivity index (χ3v) is 4.32. The summed E-state index contributed by atoms with van der Waals surface area (Å²) in [7, 11) is 0. The van der Waals surface area contributed by atoms with Gasteiger partial charge in [-0.3, -0.25) is 4.79 Å². The van der Waals surface area contributed by atoms with Crippen LogP contribution in [0, 0.1) is 6.92 Å². The topological polar surface area (TPSA) is 59.0 Å². The standard InChI is InChI=1S/C22H26N4O/c1-3-4-14-23-16-22(27)24-21-15-20(18-8-6-5-7-9-18)25-26(21)19-12-10-17(2)11-13-19/h5-13,15,23H,3-4,14,16H2,1-2H3,(H,24,27). The molecule has 0 spiro atoms. The second-order valence-electron chi connectivity index (χ2n) is 6.61. The van der Waals surface area contributed by atoms with Crippen LogP contribution in [0.1, 0.15) is 25.3 Å². The van der Waals surface area contributed by atoms with E-state index in [1.54, 1.807) is 4.68 Å². The minimum atomic E-state index is -0.0704. The maximum Gasteiger partial charge on any atom is 0.239 e. The molecule has 0 bridgehead atoms. The molecule has 0 aliphatic heterocycles. The van der Waals surface area contributed by atoms with E-state index in [0.29, 0.717) is 12.4 Å². The monoisotopic (exact) mass is 362 g/mol. The Kier molecular flexibility index (Phi) is 6.39. The average Bonchev–Trinajstić information content (AvgIpc) is 3.10. The zero-order chi connectivity index (χ0) is 19.1. The molecule has 140 valence electrons. The molecule has 0 saturated carbocycles. The number of rotatable bonds is 8. The van der Waals surface area contributed by atoms with Crippen molar-refractivity contribution in [2.45, 2.75) is 26.7 Å². The number of carbonyl (C=O) groups excluding carboxylic acids is 1. The van der Waals surface area contributed by atoms with Gasteiger partial charge in [-0.2, -0.15) is 5.10 Å². The molecule has 0 atom stereocenters. The number of nitrogens with zero attached hydrogens (tertiary/aromatic N) is 2. The van der Waals surface area contributed by atoms with E-state index in [9.17, 15) is 4.79 Å². The lowest BCUT2D eigenvalue weighted by Gasteiger charge is -2.09. The quantitative estimate of drug-likeness (QED) is 0.591. The number of aromatic nitrogens is 2. The lowest BCUT2D eigenvalue weighted by atomic mass is 10.1. The van der Waals surface area contributed by atoms with Crippen molar-refractivity contribution < 1.29 is 4.79 Å². The van der Waals surface area contributed by atoms with Gasteiger partial charge in [-0.15, -0.1) is 0 Å². The van der Waals surface area contributed by atoms with Crippen molar-refractivity contribution >= 4 is 11.7 Å². The number of anilines is 1. The van der Waals surface area contributed by atoms with Gasteiger partial charge in [0, 0.05) is 11.6 Å². The SMILES string of the molecule is CCCCNCC(=O)Nc1cc(-c2ccccc2)nn1-c1ccc(C)cc1. The van der Waals surface area contributed by atoms with E-state index < -0.39 is 0 Å². The lowest BCUT2D eigenvalue weighted by Crippen LogP contribution is -2.29. The van der Waals surface area contributed by atoms with E-state index in [2.05, 4.69) is 17.6 Å². The Hall–Kier alpha value is -2.92. The fourth-order valence-corrected chi connectivity index (χ4v) is 2.79. The van der Waals surface area contributed by atoms with E-state index in [-0.39, 0.29) is 5.91 Å². The van der Waals surface area contributed by atoms with Gasteiger partial charge >= 0.3 is 0 Å². The van der Waals surface area contributed by atoms with E-state index in [4.69, 9.17) is 5.10 Å². The minimum absolute atomic E-state index is 0.0704. The molecule has 2 N–H and O–H groups in total. The lowest BCUT2D eigenvalue weighted by molar-refractivity contribution is -0.115. The van der Waals surface area contributed by atoms with Crippen molar-refractivity contribution in [3.63, 3.8) is 0 Å². The van der Waals surface area contributed by atoms with E-state index in [0.717, 1.165) is 36.3 Å². The highest BCUT2D eigenvalue weighted by Gasteiger charge is 2.13. The Morgan fingerprint density at radius 3 is 2.52 bits per heavy atom. The van der Waals surface area contributed by atoms with Crippen molar-refractivity contribution in [1.82, 2.24) is 15.1 Å². The smallest absolute Gasteiger partial charge is 0.239 e. The molecule has 1 heterocycles. The van der Waals surface area contributed by atoms with Crippen LogP contribution >= 0.6 is 0 Å². The number of unbranched alkanes of at least 4 members (excludes halogenated alkanes) is 1. The molecule has 0 unspecified atom stereocenters. The third-order valence-electron chi connectivity index (χ3n) is 4.32. The molecule has 5 heteroatoms. The van der Waals surface area contributed by atoms with E-state index in [1.165, 1.54) is 5.56 Å². The van der Waals surface area contributed by atoms with Gasteiger partial charge in [0.2, 0.25) is 5.91 Å². The molecule has 0 fully saturated rings. The van der Waals surface area contributed by atoms with Crippen LogP contribution in [0.4, 0.5) is 5.82 Å². The Balaban J connectivity index is 1.85. The normalized spacial score (nSPS) is 10.7. The Morgan fingerprint density at radius 1 is 1.07 bits per heavy atom. The first-order chi connectivity index (χ1) is 13.2. The predicted molar refractivity (Wildman–Crippen MR) is 110 cm³/mol. The number of carbonyl (C=O) groups is 1. The fraction of sp³-hybridized carbons (Fsp3) is 0.273. The molecule has 0 radical (unpaired) electrons. The summed E-state index contributed by atoms with van der Waals surface area (Å²) in [5.74, 6) is 0.596. The van der Waals surface area contributed by atoms with Gasteiger partial charge in [0.15, 0.2) is 0 Å². The molecule has 0 aliphatic rings. The van der Waals surface area contributed by atoms with Crippen LogP contribution in [0.3, 0.4) is 0 Å². The number of aryl methyl sites for hydroxylation is 1. The summed E-state index contributed by atoms with van der Waals surface area (Å²) in [6.45, 7) is 5.32. The van der Waals surface area contributed by atoms with Crippen molar-refractivity contribution in [2.75, 3.05) is 18.4 Å². The zero-order valence-electron chi connectivity index (χ0n) is 15.9. The van der Waals surface area contributed by atoms with Crippen LogP contribution in [-0.4, -0.2) is 28.8 Å². The number of amides is 1. The van der Waals surface area contributed by atoms with Crippen LogP contribution < -0.4 is 10.6 Å². The summed E-state index contributed by atoms with van der Waals surface area (Å²) in [6, 6.07) is 20.0. The van der Waals surface area contributed by atoms with Gasteiger partial charge in [0.1, 0.15) is 5.82 Å². The first-order valence-corrected chi connectivity index (χ1v) is 9.40. The number of benzene rings is 2. The minimum Gasteiger partial charge on any atom is -0.309 e. The van der Waals surface area contributed by atoms with Crippen molar-refractivity contribution in [3.8, 4) is 16.9 Å². The fourth-order valence-electron chi connectivity index (χ4n) is 2.79. The zero-order valence-corrected chi connectivity index (χ0v) is 15.9. The Labute approximate surface area is 160 Å². The molecule has 0 saturated heterocycles. The summed E-state index contributed by atoms with van der Waals surface area (Å²) < 4.78 is 1.78. The molecule has 1 amide bonds. The molecule has 3 rings (SSSR count). The molecule has 27 heavy (non-hydrogen) atoms. The number of nitrogens with one attached hydrogen (secondary N) is 2. The summed E-state index contributed by atoms with van der Waals surface area (Å²) >= 11 is 0. The van der Waals surface area contributed by atoms with Gasteiger partial charge in [-0.1, -0.05) is 61.4 Å². The van der Waals surface area contributed by atoms with Crippen molar-refractivity contribution in [2.24, 2.45) is 0 Å². The number of hydrogen-bond donors (Lipinski definition) is 2. The highest BCUT2D eigenvalue weighted by atomic mass is 16.2.